The first kappa shape index (κ1) is 11.3. The Labute approximate surface area is 96.9 Å². The first-order chi connectivity index (χ1) is 7.85. The summed E-state index contributed by atoms with van der Waals surface area (Å²) in [6.07, 6.45) is -1.30. The first-order valence-electron chi connectivity index (χ1n) is 5.71. The van der Waals surface area contributed by atoms with Gasteiger partial charge in [-0.25, -0.2) is 13.2 Å². The molecule has 2 saturated heterocycles. The molecule has 0 aromatic rings. The zero-order valence-corrected chi connectivity index (χ0v) is 9.51. The van der Waals surface area contributed by atoms with Gasteiger partial charge in [-0.1, -0.05) is 0 Å². The number of halogens is 3. The van der Waals surface area contributed by atoms with Crippen molar-refractivity contribution in [3.05, 3.63) is 0 Å². The Balaban J connectivity index is 1.92. The van der Waals surface area contributed by atoms with Crippen LogP contribution in [0.3, 0.4) is 0 Å². The quantitative estimate of drug-likeness (QED) is 0.657. The molecule has 0 aromatic heterocycles. The van der Waals surface area contributed by atoms with Crippen LogP contribution in [-0.2, 0) is 9.53 Å². The lowest BCUT2D eigenvalue weighted by molar-refractivity contribution is -0.152. The molecule has 2 aliphatic heterocycles. The van der Waals surface area contributed by atoms with Crippen LogP contribution in [0, 0.1) is 5.41 Å². The van der Waals surface area contributed by atoms with Gasteiger partial charge in [0.05, 0.1) is 12.5 Å². The van der Waals surface area contributed by atoms with Crippen LogP contribution in [0.15, 0.2) is 0 Å². The molecule has 6 heteroatoms. The van der Waals surface area contributed by atoms with Gasteiger partial charge in [-0.3, -0.25) is 9.69 Å². The van der Waals surface area contributed by atoms with E-state index in [1.165, 1.54) is 7.11 Å². The van der Waals surface area contributed by atoms with Crippen LogP contribution in [-0.4, -0.2) is 48.7 Å². The zero-order chi connectivity index (χ0) is 12.5. The highest BCUT2D eigenvalue weighted by Gasteiger charge is 2.79. The summed E-state index contributed by atoms with van der Waals surface area (Å²) < 4.78 is 44.8. The Morgan fingerprint density at radius 2 is 2.06 bits per heavy atom. The number of hydrogen-bond acceptors (Lipinski definition) is 3. The van der Waals surface area contributed by atoms with E-state index in [0.717, 1.165) is 0 Å². The molecule has 1 aliphatic carbocycles. The Hall–Kier alpha value is -0.780. The van der Waals surface area contributed by atoms with Crippen molar-refractivity contribution in [2.24, 2.45) is 5.41 Å². The number of hydrogen-bond donors (Lipinski definition) is 0. The summed E-state index contributed by atoms with van der Waals surface area (Å²) in [6.45, 7) is 0.169. The molecule has 17 heavy (non-hydrogen) atoms. The molecule has 0 amide bonds. The highest BCUT2D eigenvalue weighted by molar-refractivity contribution is 5.82. The predicted octanol–water partition coefficient (Wildman–Crippen LogP) is 1.37. The Kier molecular flexibility index (Phi) is 1.97. The number of carbonyl (C=O) groups excluding carboxylic acids is 1. The second kappa shape index (κ2) is 2.96. The van der Waals surface area contributed by atoms with Crippen LogP contribution in [0.25, 0.3) is 0 Å². The van der Waals surface area contributed by atoms with Gasteiger partial charge in [-0.15, -0.1) is 0 Å². The number of methoxy groups -OCH3 is 1. The molecule has 96 valence electrons. The largest absolute Gasteiger partial charge is 0.468 e. The summed E-state index contributed by atoms with van der Waals surface area (Å²) >= 11 is 0. The van der Waals surface area contributed by atoms with Crippen LogP contribution in [0.1, 0.15) is 19.3 Å². The van der Waals surface area contributed by atoms with Gasteiger partial charge in [0.2, 0.25) is 0 Å². The number of nitrogens with zero attached hydrogens (tertiary/aromatic N) is 1. The van der Waals surface area contributed by atoms with Crippen molar-refractivity contribution in [3.63, 3.8) is 0 Å². The van der Waals surface area contributed by atoms with Gasteiger partial charge in [0.15, 0.2) is 0 Å². The summed E-state index contributed by atoms with van der Waals surface area (Å²) in [5.74, 6) is -3.28. The van der Waals surface area contributed by atoms with Crippen molar-refractivity contribution >= 4 is 5.97 Å². The summed E-state index contributed by atoms with van der Waals surface area (Å²) in [4.78, 5) is 13.4. The SMILES string of the molecule is COC(=O)[C@]12C[C@@H](F)CN1CC1(CC1(F)F)C2. The van der Waals surface area contributed by atoms with Crippen molar-refractivity contribution < 1.29 is 22.7 Å². The van der Waals surface area contributed by atoms with Gasteiger partial charge in [0, 0.05) is 25.9 Å². The second-order valence-corrected chi connectivity index (χ2v) is 5.54. The molecule has 2 heterocycles. The fourth-order valence-electron chi connectivity index (χ4n) is 3.57. The van der Waals surface area contributed by atoms with Crippen LogP contribution in [0.4, 0.5) is 13.2 Å². The maximum absolute atomic E-state index is 13.4. The minimum absolute atomic E-state index is 0.0164. The monoisotopic (exact) mass is 249 g/mol. The van der Waals surface area contributed by atoms with E-state index in [4.69, 9.17) is 0 Å². The Bertz CT molecular complexity index is 389. The van der Waals surface area contributed by atoms with Crippen molar-refractivity contribution in [2.75, 3.05) is 20.2 Å². The third-order valence-corrected chi connectivity index (χ3v) is 4.48. The minimum Gasteiger partial charge on any atom is -0.468 e. The topological polar surface area (TPSA) is 29.5 Å². The Morgan fingerprint density at radius 1 is 1.41 bits per heavy atom. The average molecular weight is 249 g/mol. The predicted molar refractivity (Wildman–Crippen MR) is 52.4 cm³/mol. The van der Waals surface area contributed by atoms with Crippen LogP contribution >= 0.6 is 0 Å². The summed E-state index contributed by atoms with van der Waals surface area (Å²) in [6, 6.07) is 0. The molecule has 3 nitrogen and oxygen atoms in total. The van der Waals surface area contributed by atoms with Gasteiger partial charge in [0.25, 0.3) is 5.92 Å². The van der Waals surface area contributed by atoms with Gasteiger partial charge in [-0.2, -0.15) is 0 Å². The van der Waals surface area contributed by atoms with E-state index >= 15 is 0 Å². The molecule has 3 aliphatic rings. The highest BCUT2D eigenvalue weighted by Crippen LogP contribution is 2.69. The van der Waals surface area contributed by atoms with Gasteiger partial charge < -0.3 is 4.74 Å². The molecular weight excluding hydrogens is 235 g/mol. The molecule has 1 spiro atoms. The molecule has 3 fully saturated rings. The average Bonchev–Trinajstić information content (AvgIpc) is 2.54. The first-order valence-corrected chi connectivity index (χ1v) is 5.71. The number of carbonyl (C=O) groups is 1. The summed E-state index contributed by atoms with van der Waals surface area (Å²) in [5.41, 5.74) is -2.25. The maximum Gasteiger partial charge on any atom is 0.326 e. The number of fused-ring (bicyclic) bond motifs is 1. The van der Waals surface area contributed by atoms with Crippen LogP contribution in [0.5, 0.6) is 0 Å². The van der Waals surface area contributed by atoms with E-state index in [1.54, 1.807) is 4.90 Å². The fraction of sp³-hybridized carbons (Fsp3) is 0.909. The standard InChI is InChI=1S/C11H14F3NO2/c1-17-8(16)10-2-7(12)3-15(10)6-9(4-10)5-11(9,13)14/h7H,2-6H2,1H3/t7-,9?,10-/m1/s1. The van der Waals surface area contributed by atoms with E-state index in [1.807, 2.05) is 0 Å². The van der Waals surface area contributed by atoms with Gasteiger partial charge in [0.1, 0.15) is 11.7 Å². The Morgan fingerprint density at radius 3 is 2.59 bits per heavy atom. The molecule has 0 radical (unpaired) electrons. The molecule has 0 N–H and O–H groups in total. The second-order valence-electron chi connectivity index (χ2n) is 5.54. The van der Waals surface area contributed by atoms with E-state index in [-0.39, 0.29) is 32.4 Å². The summed E-state index contributed by atoms with van der Waals surface area (Å²) in [5, 5.41) is 0. The molecule has 3 atom stereocenters. The third kappa shape index (κ3) is 1.25. The van der Waals surface area contributed by atoms with Gasteiger partial charge >= 0.3 is 5.97 Å². The minimum atomic E-state index is -2.70. The van der Waals surface area contributed by atoms with Crippen molar-refractivity contribution in [3.8, 4) is 0 Å². The van der Waals surface area contributed by atoms with E-state index in [9.17, 15) is 18.0 Å². The van der Waals surface area contributed by atoms with Crippen LogP contribution < -0.4 is 0 Å². The highest BCUT2D eigenvalue weighted by atomic mass is 19.3. The van der Waals surface area contributed by atoms with Crippen molar-refractivity contribution in [1.29, 1.82) is 0 Å². The van der Waals surface area contributed by atoms with Crippen molar-refractivity contribution in [2.45, 2.75) is 36.9 Å². The number of ether oxygens (including phenoxy) is 1. The van der Waals surface area contributed by atoms with Gasteiger partial charge in [-0.05, 0) is 6.42 Å². The number of rotatable bonds is 1. The van der Waals surface area contributed by atoms with E-state index in [0.29, 0.717) is 0 Å². The molecule has 1 saturated carbocycles. The van der Waals surface area contributed by atoms with E-state index < -0.39 is 29.0 Å². The zero-order valence-electron chi connectivity index (χ0n) is 9.51. The normalized spacial score (nSPS) is 47.2. The maximum atomic E-state index is 13.4. The summed E-state index contributed by atoms with van der Waals surface area (Å²) in [7, 11) is 1.22. The molecule has 0 bridgehead atoms. The van der Waals surface area contributed by atoms with E-state index in [2.05, 4.69) is 4.74 Å². The lowest BCUT2D eigenvalue weighted by Gasteiger charge is -2.27. The number of alkyl halides is 3. The molecule has 0 aromatic carbocycles. The third-order valence-electron chi connectivity index (χ3n) is 4.48. The fourth-order valence-corrected chi connectivity index (χ4v) is 3.57. The molecular formula is C11H14F3NO2. The smallest absolute Gasteiger partial charge is 0.326 e. The molecule has 1 unspecified atom stereocenters. The number of esters is 1. The van der Waals surface area contributed by atoms with Crippen LogP contribution in [0.2, 0.25) is 0 Å². The molecule has 3 rings (SSSR count). The van der Waals surface area contributed by atoms with Crippen molar-refractivity contribution in [1.82, 2.24) is 4.90 Å². The lowest BCUT2D eigenvalue weighted by Crippen LogP contribution is -2.46. The lowest BCUT2D eigenvalue weighted by atomic mass is 9.88.